The predicted octanol–water partition coefficient (Wildman–Crippen LogP) is 1.25. The van der Waals surface area contributed by atoms with Crippen molar-refractivity contribution < 1.29 is 9.47 Å². The highest BCUT2D eigenvalue weighted by atomic mass is 16.5. The molecule has 0 aliphatic rings. The summed E-state index contributed by atoms with van der Waals surface area (Å²) in [5.74, 6) is 0. The second-order valence-corrected chi connectivity index (χ2v) is 4.21. The third-order valence-electron chi connectivity index (χ3n) is 2.40. The summed E-state index contributed by atoms with van der Waals surface area (Å²) in [6, 6.07) is -0.0645. The third kappa shape index (κ3) is 4.85. The van der Waals surface area contributed by atoms with Crippen molar-refractivity contribution in [3.05, 3.63) is 18.0 Å². The highest BCUT2D eigenvalue weighted by Gasteiger charge is 2.18. The molecule has 2 N–H and O–H groups in total. The molecule has 2 atom stereocenters. The molecule has 1 aromatic rings. The normalized spacial score (nSPS) is 14.8. The first-order chi connectivity index (χ1) is 8.15. The lowest BCUT2D eigenvalue weighted by Crippen LogP contribution is -2.27. The van der Waals surface area contributed by atoms with Crippen LogP contribution >= 0.6 is 0 Å². The molecule has 1 heterocycles. The van der Waals surface area contributed by atoms with Gasteiger partial charge in [0.2, 0.25) is 0 Å². The zero-order chi connectivity index (χ0) is 12.7. The monoisotopic (exact) mass is 241 g/mol. The fourth-order valence-corrected chi connectivity index (χ4v) is 1.62. The largest absolute Gasteiger partial charge is 0.379 e. The summed E-state index contributed by atoms with van der Waals surface area (Å²) in [6.07, 6.45) is 4.63. The number of aromatic nitrogens is 2. The van der Waals surface area contributed by atoms with Crippen molar-refractivity contribution >= 4 is 0 Å². The Morgan fingerprint density at radius 1 is 1.41 bits per heavy atom. The van der Waals surface area contributed by atoms with E-state index in [1.807, 2.05) is 20.2 Å². The Morgan fingerprint density at radius 2 is 2.18 bits per heavy atom. The molecule has 5 heteroatoms. The zero-order valence-corrected chi connectivity index (χ0v) is 10.9. The Hall–Kier alpha value is -0.910. The van der Waals surface area contributed by atoms with E-state index in [9.17, 15) is 0 Å². The zero-order valence-electron chi connectivity index (χ0n) is 10.9. The molecule has 17 heavy (non-hydrogen) atoms. The highest BCUT2D eigenvalue weighted by Crippen LogP contribution is 2.19. The standard InChI is InChI=1S/C12H23N3O2/c1-4-5-16-6-7-17-12(10(2)13)11-8-14-15(3)9-11/h8-10,12H,4-7,13H2,1-3H3. The Bertz CT molecular complexity index is 312. The van der Waals surface area contributed by atoms with Gasteiger partial charge in [0.1, 0.15) is 6.10 Å². The molecule has 2 unspecified atom stereocenters. The van der Waals surface area contributed by atoms with E-state index in [1.165, 1.54) is 0 Å². The molecule has 1 rings (SSSR count). The van der Waals surface area contributed by atoms with Gasteiger partial charge in [-0.05, 0) is 13.3 Å². The summed E-state index contributed by atoms with van der Waals surface area (Å²) < 4.78 is 12.9. The minimum Gasteiger partial charge on any atom is -0.379 e. The van der Waals surface area contributed by atoms with Crippen LogP contribution in [0.15, 0.2) is 12.4 Å². The van der Waals surface area contributed by atoms with E-state index in [0.29, 0.717) is 13.2 Å². The fraction of sp³-hybridized carbons (Fsp3) is 0.750. The maximum absolute atomic E-state index is 5.92. The predicted molar refractivity (Wildman–Crippen MR) is 66.7 cm³/mol. The minimum absolute atomic E-state index is 0.0645. The quantitative estimate of drug-likeness (QED) is 0.696. The molecule has 0 amide bonds. The lowest BCUT2D eigenvalue weighted by Gasteiger charge is -2.20. The molecule has 98 valence electrons. The van der Waals surface area contributed by atoms with Crippen molar-refractivity contribution in [3.63, 3.8) is 0 Å². The SMILES string of the molecule is CCCOCCOC(c1cnn(C)c1)C(C)N. The van der Waals surface area contributed by atoms with Crippen LogP contribution in [0.25, 0.3) is 0 Å². The first-order valence-electron chi connectivity index (χ1n) is 6.08. The molecular formula is C12H23N3O2. The maximum Gasteiger partial charge on any atom is 0.100 e. The molecule has 0 spiro atoms. The van der Waals surface area contributed by atoms with Crippen LogP contribution in [-0.4, -0.2) is 35.6 Å². The van der Waals surface area contributed by atoms with Crippen LogP contribution in [0.2, 0.25) is 0 Å². The smallest absolute Gasteiger partial charge is 0.100 e. The molecule has 5 nitrogen and oxygen atoms in total. The van der Waals surface area contributed by atoms with E-state index in [0.717, 1.165) is 18.6 Å². The van der Waals surface area contributed by atoms with Crippen molar-refractivity contribution in [2.45, 2.75) is 32.4 Å². The van der Waals surface area contributed by atoms with Crippen LogP contribution < -0.4 is 5.73 Å². The lowest BCUT2D eigenvalue weighted by molar-refractivity contribution is -0.00474. The first kappa shape index (κ1) is 14.2. The van der Waals surface area contributed by atoms with E-state index in [1.54, 1.807) is 10.9 Å². The van der Waals surface area contributed by atoms with Crippen molar-refractivity contribution in [3.8, 4) is 0 Å². The van der Waals surface area contributed by atoms with Crippen LogP contribution in [0.4, 0.5) is 0 Å². The first-order valence-corrected chi connectivity index (χ1v) is 6.08. The molecule has 0 radical (unpaired) electrons. The molecule has 0 bridgehead atoms. The average Bonchev–Trinajstić information content (AvgIpc) is 2.69. The van der Waals surface area contributed by atoms with Gasteiger partial charge in [-0.15, -0.1) is 0 Å². The second-order valence-electron chi connectivity index (χ2n) is 4.21. The molecule has 0 fully saturated rings. The molecular weight excluding hydrogens is 218 g/mol. The second kappa shape index (κ2) is 7.42. The van der Waals surface area contributed by atoms with Crippen LogP contribution in [0.1, 0.15) is 31.9 Å². The van der Waals surface area contributed by atoms with Gasteiger partial charge < -0.3 is 15.2 Å². The Balaban J connectivity index is 2.39. The molecule has 1 aromatic heterocycles. The minimum atomic E-state index is -0.117. The molecule has 0 aliphatic heterocycles. The van der Waals surface area contributed by atoms with Crippen LogP contribution in [0.5, 0.6) is 0 Å². The van der Waals surface area contributed by atoms with Crippen molar-refractivity contribution in [1.29, 1.82) is 0 Å². The third-order valence-corrected chi connectivity index (χ3v) is 2.40. The van der Waals surface area contributed by atoms with Gasteiger partial charge in [-0.3, -0.25) is 4.68 Å². The van der Waals surface area contributed by atoms with Gasteiger partial charge in [0, 0.05) is 31.5 Å². The number of nitrogens with zero attached hydrogens (tertiary/aromatic N) is 2. The fourth-order valence-electron chi connectivity index (χ4n) is 1.62. The number of hydrogen-bond donors (Lipinski definition) is 1. The summed E-state index contributed by atoms with van der Waals surface area (Å²) in [6.45, 7) is 5.96. The summed E-state index contributed by atoms with van der Waals surface area (Å²) in [4.78, 5) is 0. The van der Waals surface area contributed by atoms with Gasteiger partial charge >= 0.3 is 0 Å². The van der Waals surface area contributed by atoms with Crippen LogP contribution in [0.3, 0.4) is 0 Å². The van der Waals surface area contributed by atoms with Gasteiger partial charge in [0.05, 0.1) is 19.4 Å². The van der Waals surface area contributed by atoms with Gasteiger partial charge in [-0.25, -0.2) is 0 Å². The van der Waals surface area contributed by atoms with E-state index in [-0.39, 0.29) is 12.1 Å². The summed E-state index contributed by atoms with van der Waals surface area (Å²) in [5.41, 5.74) is 6.93. The van der Waals surface area contributed by atoms with Gasteiger partial charge in [0.15, 0.2) is 0 Å². The average molecular weight is 241 g/mol. The van der Waals surface area contributed by atoms with E-state index in [4.69, 9.17) is 15.2 Å². The van der Waals surface area contributed by atoms with Gasteiger partial charge in [-0.1, -0.05) is 6.92 Å². The molecule has 0 saturated heterocycles. The number of aryl methyl sites for hydroxylation is 1. The van der Waals surface area contributed by atoms with Gasteiger partial charge in [-0.2, -0.15) is 5.10 Å². The Kier molecular flexibility index (Phi) is 6.18. The van der Waals surface area contributed by atoms with Crippen LogP contribution in [-0.2, 0) is 16.5 Å². The summed E-state index contributed by atoms with van der Waals surface area (Å²) in [5, 5.41) is 4.13. The molecule has 0 saturated carbocycles. The number of ether oxygens (including phenoxy) is 2. The number of rotatable bonds is 8. The summed E-state index contributed by atoms with van der Waals surface area (Å²) >= 11 is 0. The van der Waals surface area contributed by atoms with E-state index < -0.39 is 0 Å². The van der Waals surface area contributed by atoms with Crippen molar-refractivity contribution in [1.82, 2.24) is 9.78 Å². The topological polar surface area (TPSA) is 62.3 Å². The van der Waals surface area contributed by atoms with Crippen LogP contribution in [0, 0.1) is 0 Å². The van der Waals surface area contributed by atoms with E-state index in [2.05, 4.69) is 12.0 Å². The lowest BCUT2D eigenvalue weighted by atomic mass is 10.1. The maximum atomic E-state index is 5.92. The van der Waals surface area contributed by atoms with E-state index >= 15 is 0 Å². The van der Waals surface area contributed by atoms with Gasteiger partial charge in [0.25, 0.3) is 0 Å². The Labute approximate surface area is 103 Å². The van der Waals surface area contributed by atoms with Crippen molar-refractivity contribution in [2.75, 3.05) is 19.8 Å². The number of nitrogens with two attached hydrogens (primary N) is 1. The summed E-state index contributed by atoms with van der Waals surface area (Å²) in [7, 11) is 1.88. The molecule has 0 aromatic carbocycles. The molecule has 0 aliphatic carbocycles. The number of hydrogen-bond acceptors (Lipinski definition) is 4. The van der Waals surface area contributed by atoms with Crippen molar-refractivity contribution in [2.24, 2.45) is 12.8 Å². The highest BCUT2D eigenvalue weighted by molar-refractivity contribution is 5.10. The Morgan fingerprint density at radius 3 is 2.71 bits per heavy atom.